The Kier molecular flexibility index (Phi) is 5.24. The Balaban J connectivity index is 2.06. The minimum atomic E-state index is -0.242. The Hall–Kier alpha value is -2.25. The Labute approximate surface area is 135 Å². The van der Waals surface area contributed by atoms with Gasteiger partial charge in [0, 0.05) is 4.90 Å². The summed E-state index contributed by atoms with van der Waals surface area (Å²) in [5.74, 6) is -0.106. The number of hydrogen-bond donors (Lipinski definition) is 1. The van der Waals surface area contributed by atoms with Crippen LogP contribution in [0.1, 0.15) is 23.6 Å². The van der Waals surface area contributed by atoms with Gasteiger partial charge >= 0.3 is 0 Å². The van der Waals surface area contributed by atoms with Gasteiger partial charge in [-0.15, -0.1) is 11.8 Å². The van der Waals surface area contributed by atoms with Gasteiger partial charge in [0.05, 0.1) is 16.5 Å². The number of nitrogens with one attached hydrogen (secondary N) is 1. The van der Waals surface area contributed by atoms with E-state index < -0.39 is 0 Å². The first-order chi connectivity index (χ1) is 10.5. The molecule has 3 nitrogen and oxygen atoms in total. The van der Waals surface area contributed by atoms with Crippen LogP contribution in [0, 0.1) is 25.2 Å². The molecule has 0 aromatic heterocycles. The van der Waals surface area contributed by atoms with E-state index in [0.717, 1.165) is 4.90 Å². The number of para-hydroxylation sites is 1. The van der Waals surface area contributed by atoms with Crippen molar-refractivity contribution in [2.45, 2.75) is 30.9 Å². The van der Waals surface area contributed by atoms with Crippen molar-refractivity contribution in [2.24, 2.45) is 0 Å². The van der Waals surface area contributed by atoms with E-state index in [9.17, 15) is 4.79 Å². The average molecular weight is 310 g/mol. The Morgan fingerprint density at radius 3 is 2.59 bits per heavy atom. The summed E-state index contributed by atoms with van der Waals surface area (Å²) >= 11 is 1.51. The predicted molar refractivity (Wildman–Crippen MR) is 91.0 cm³/mol. The van der Waals surface area contributed by atoms with E-state index in [0.29, 0.717) is 11.3 Å². The Morgan fingerprint density at radius 2 is 1.91 bits per heavy atom. The SMILES string of the molecule is Cc1ccc(SC(C)C(=O)Nc2ccccc2C#N)cc1C. The summed E-state index contributed by atoms with van der Waals surface area (Å²) in [5.41, 5.74) is 3.48. The molecule has 1 unspecified atom stereocenters. The number of nitrogens with zero attached hydrogens (tertiary/aromatic N) is 1. The van der Waals surface area contributed by atoms with Gasteiger partial charge in [-0.3, -0.25) is 4.79 Å². The summed E-state index contributed by atoms with van der Waals surface area (Å²) in [5, 5.41) is 11.6. The fourth-order valence-corrected chi connectivity index (χ4v) is 2.93. The second kappa shape index (κ2) is 7.15. The number of thioether (sulfide) groups is 1. The standard InChI is InChI=1S/C18H18N2OS/c1-12-8-9-16(10-13(12)2)22-14(3)18(21)20-17-7-5-4-6-15(17)11-19/h4-10,14H,1-3H3,(H,20,21). The van der Waals surface area contributed by atoms with Gasteiger partial charge in [-0.05, 0) is 56.2 Å². The van der Waals surface area contributed by atoms with Crippen molar-refractivity contribution in [3.05, 3.63) is 59.2 Å². The molecular weight excluding hydrogens is 292 g/mol. The first-order valence-corrected chi connectivity index (χ1v) is 7.93. The highest BCUT2D eigenvalue weighted by molar-refractivity contribution is 8.00. The molecule has 4 heteroatoms. The summed E-state index contributed by atoms with van der Waals surface area (Å²) < 4.78 is 0. The van der Waals surface area contributed by atoms with Crippen LogP contribution >= 0.6 is 11.8 Å². The van der Waals surface area contributed by atoms with Crippen molar-refractivity contribution in [2.75, 3.05) is 5.32 Å². The number of amides is 1. The highest BCUT2D eigenvalue weighted by Gasteiger charge is 2.16. The molecule has 0 aliphatic heterocycles. The maximum absolute atomic E-state index is 12.3. The van der Waals surface area contributed by atoms with Crippen LogP contribution in [0.5, 0.6) is 0 Å². The van der Waals surface area contributed by atoms with Crippen molar-refractivity contribution < 1.29 is 4.79 Å². The minimum Gasteiger partial charge on any atom is -0.324 e. The lowest BCUT2D eigenvalue weighted by atomic mass is 10.1. The molecule has 1 amide bonds. The number of benzene rings is 2. The molecule has 0 radical (unpaired) electrons. The van der Waals surface area contributed by atoms with Crippen LogP contribution in [0.25, 0.3) is 0 Å². The first-order valence-electron chi connectivity index (χ1n) is 7.05. The van der Waals surface area contributed by atoms with E-state index in [1.807, 2.05) is 13.0 Å². The molecule has 2 aromatic rings. The molecule has 0 spiro atoms. The van der Waals surface area contributed by atoms with Crippen molar-refractivity contribution in [1.29, 1.82) is 5.26 Å². The molecule has 0 fully saturated rings. The normalized spacial score (nSPS) is 11.5. The van der Waals surface area contributed by atoms with Crippen LogP contribution in [-0.2, 0) is 4.79 Å². The van der Waals surface area contributed by atoms with Crippen molar-refractivity contribution in [3.8, 4) is 6.07 Å². The lowest BCUT2D eigenvalue weighted by molar-refractivity contribution is -0.115. The van der Waals surface area contributed by atoms with Crippen LogP contribution in [0.2, 0.25) is 0 Å². The molecule has 0 aliphatic carbocycles. The van der Waals surface area contributed by atoms with Gasteiger partial charge in [-0.1, -0.05) is 18.2 Å². The molecule has 0 saturated carbocycles. The number of carbonyl (C=O) groups is 1. The maximum Gasteiger partial charge on any atom is 0.237 e. The van der Waals surface area contributed by atoms with E-state index in [2.05, 4.69) is 37.4 Å². The van der Waals surface area contributed by atoms with E-state index in [-0.39, 0.29) is 11.2 Å². The second-order valence-corrected chi connectivity index (χ2v) is 6.57. The van der Waals surface area contributed by atoms with Gasteiger partial charge < -0.3 is 5.32 Å². The molecule has 0 bridgehead atoms. The topological polar surface area (TPSA) is 52.9 Å². The van der Waals surface area contributed by atoms with Gasteiger partial charge in [0.1, 0.15) is 6.07 Å². The molecule has 0 heterocycles. The van der Waals surface area contributed by atoms with E-state index >= 15 is 0 Å². The third-order valence-electron chi connectivity index (χ3n) is 3.47. The summed E-state index contributed by atoms with van der Waals surface area (Å²) in [6, 6.07) is 15.3. The zero-order chi connectivity index (χ0) is 16.1. The molecule has 0 saturated heterocycles. The highest BCUT2D eigenvalue weighted by Crippen LogP contribution is 2.26. The third-order valence-corrected chi connectivity index (χ3v) is 4.56. The summed E-state index contributed by atoms with van der Waals surface area (Å²) in [7, 11) is 0. The van der Waals surface area contributed by atoms with Gasteiger partial charge in [0.15, 0.2) is 0 Å². The minimum absolute atomic E-state index is 0.106. The van der Waals surface area contributed by atoms with Crippen molar-refractivity contribution >= 4 is 23.4 Å². The molecule has 1 atom stereocenters. The third kappa shape index (κ3) is 3.90. The number of hydrogen-bond acceptors (Lipinski definition) is 3. The number of aryl methyl sites for hydroxylation is 2. The van der Waals surface area contributed by atoms with Gasteiger partial charge in [-0.25, -0.2) is 0 Å². The smallest absolute Gasteiger partial charge is 0.237 e. The number of anilines is 1. The zero-order valence-electron chi connectivity index (χ0n) is 12.9. The first kappa shape index (κ1) is 16.1. The Morgan fingerprint density at radius 1 is 1.18 bits per heavy atom. The Bertz CT molecular complexity index is 734. The quantitative estimate of drug-likeness (QED) is 0.857. The lowest BCUT2D eigenvalue weighted by Crippen LogP contribution is -2.22. The molecule has 2 rings (SSSR count). The van der Waals surface area contributed by atoms with Crippen LogP contribution in [0.15, 0.2) is 47.4 Å². The summed E-state index contributed by atoms with van der Waals surface area (Å²) in [6.07, 6.45) is 0. The van der Waals surface area contributed by atoms with Gasteiger partial charge in [-0.2, -0.15) is 5.26 Å². The van der Waals surface area contributed by atoms with Crippen molar-refractivity contribution in [1.82, 2.24) is 0 Å². The zero-order valence-corrected chi connectivity index (χ0v) is 13.7. The van der Waals surface area contributed by atoms with E-state index in [1.54, 1.807) is 24.3 Å². The van der Waals surface area contributed by atoms with E-state index in [4.69, 9.17) is 5.26 Å². The summed E-state index contributed by atoms with van der Waals surface area (Å²) in [4.78, 5) is 13.4. The lowest BCUT2D eigenvalue weighted by Gasteiger charge is -2.13. The van der Waals surface area contributed by atoms with Crippen LogP contribution in [-0.4, -0.2) is 11.2 Å². The maximum atomic E-state index is 12.3. The van der Waals surface area contributed by atoms with Gasteiger partial charge in [0.2, 0.25) is 5.91 Å². The fourth-order valence-electron chi connectivity index (χ4n) is 1.97. The molecular formula is C18H18N2OS. The molecule has 112 valence electrons. The van der Waals surface area contributed by atoms with Crippen molar-refractivity contribution in [3.63, 3.8) is 0 Å². The van der Waals surface area contributed by atoms with Gasteiger partial charge in [0.25, 0.3) is 0 Å². The predicted octanol–water partition coefficient (Wildman–Crippen LogP) is 4.29. The average Bonchev–Trinajstić information content (AvgIpc) is 2.51. The number of rotatable bonds is 4. The molecule has 1 N–H and O–H groups in total. The monoisotopic (exact) mass is 310 g/mol. The van der Waals surface area contributed by atoms with E-state index in [1.165, 1.54) is 22.9 Å². The fraction of sp³-hybridized carbons (Fsp3) is 0.222. The number of nitriles is 1. The molecule has 22 heavy (non-hydrogen) atoms. The largest absolute Gasteiger partial charge is 0.324 e. The van der Waals surface area contributed by atoms with Crippen LogP contribution in [0.3, 0.4) is 0 Å². The van der Waals surface area contributed by atoms with Crippen LogP contribution in [0.4, 0.5) is 5.69 Å². The molecule has 0 aliphatic rings. The molecule has 2 aromatic carbocycles. The number of carbonyl (C=O) groups excluding carboxylic acids is 1. The van der Waals surface area contributed by atoms with Crippen LogP contribution < -0.4 is 5.32 Å². The summed E-state index contributed by atoms with van der Waals surface area (Å²) in [6.45, 7) is 6.00. The second-order valence-electron chi connectivity index (χ2n) is 5.15. The highest BCUT2D eigenvalue weighted by atomic mass is 32.2.